The van der Waals surface area contributed by atoms with Gasteiger partial charge in [-0.15, -0.1) is 0 Å². The Kier molecular flexibility index (Phi) is 7.90. The van der Waals surface area contributed by atoms with Crippen LogP contribution >= 0.6 is 0 Å². The van der Waals surface area contributed by atoms with Crippen LogP contribution in [0.25, 0.3) is 11.1 Å². The standard InChI is InChI=1S/C27H28FN5O4/c1-16(34)25(30)24-15-33(27(36)37-24)20-9-10-21(22(28)13-20)18-7-5-17(6-8-18)14-32-26(35)23(29)12-19-4-2-3-11-31-19/h2-11,13,23-25H,12,14-15,29-30H2,1H3,(H,32,35)/t23?,24?,25-/m1/s1. The number of carbonyl (C=O) groups excluding carboxylic acids is 3. The normalized spacial score (nSPS) is 16.7. The van der Waals surface area contributed by atoms with Crippen molar-refractivity contribution in [2.24, 2.45) is 11.5 Å². The summed E-state index contributed by atoms with van der Waals surface area (Å²) in [5.41, 5.74) is 14.6. The number of amides is 2. The van der Waals surface area contributed by atoms with Crippen molar-refractivity contribution in [3.05, 3.63) is 83.9 Å². The van der Waals surface area contributed by atoms with Gasteiger partial charge >= 0.3 is 6.09 Å². The number of benzene rings is 2. The Labute approximate surface area is 213 Å². The number of anilines is 1. The van der Waals surface area contributed by atoms with Crippen molar-refractivity contribution in [3.8, 4) is 11.1 Å². The molecule has 3 aromatic rings. The van der Waals surface area contributed by atoms with E-state index in [1.165, 1.54) is 17.9 Å². The monoisotopic (exact) mass is 505 g/mol. The van der Waals surface area contributed by atoms with Crippen LogP contribution in [-0.4, -0.2) is 47.5 Å². The van der Waals surface area contributed by atoms with Crippen LogP contribution in [0.1, 0.15) is 18.2 Å². The first-order valence-corrected chi connectivity index (χ1v) is 11.8. The third-order valence-electron chi connectivity index (χ3n) is 6.19. The van der Waals surface area contributed by atoms with Gasteiger partial charge in [0, 0.05) is 30.4 Å². The van der Waals surface area contributed by atoms with E-state index in [-0.39, 0.29) is 24.8 Å². The largest absolute Gasteiger partial charge is 0.442 e. The van der Waals surface area contributed by atoms with Crippen molar-refractivity contribution < 1.29 is 23.5 Å². The smallest absolute Gasteiger partial charge is 0.414 e. The number of halogens is 1. The number of nitrogens with zero attached hydrogens (tertiary/aromatic N) is 2. The quantitative estimate of drug-likeness (QED) is 0.405. The van der Waals surface area contributed by atoms with Crippen LogP contribution in [0.4, 0.5) is 14.9 Å². The van der Waals surface area contributed by atoms with E-state index in [0.717, 1.165) is 11.3 Å². The summed E-state index contributed by atoms with van der Waals surface area (Å²) in [4.78, 5) is 41.5. The highest BCUT2D eigenvalue weighted by atomic mass is 19.1. The van der Waals surface area contributed by atoms with Crippen LogP contribution < -0.4 is 21.7 Å². The van der Waals surface area contributed by atoms with Crippen LogP contribution in [0.15, 0.2) is 66.9 Å². The first kappa shape index (κ1) is 25.9. The Bertz CT molecular complexity index is 1290. The Morgan fingerprint density at radius 3 is 2.57 bits per heavy atom. The van der Waals surface area contributed by atoms with Gasteiger partial charge in [-0.1, -0.05) is 30.3 Å². The molecule has 10 heteroatoms. The van der Waals surface area contributed by atoms with Crippen LogP contribution in [0.2, 0.25) is 0 Å². The molecule has 1 fully saturated rings. The number of Topliss-reactive ketones (excluding diaryl/α,β-unsaturated/α-hetero) is 1. The highest BCUT2D eigenvalue weighted by molar-refractivity contribution is 5.92. The van der Waals surface area contributed by atoms with Crippen LogP contribution in [0, 0.1) is 5.82 Å². The minimum Gasteiger partial charge on any atom is -0.442 e. The molecule has 9 nitrogen and oxygen atoms in total. The van der Waals surface area contributed by atoms with E-state index in [1.807, 2.05) is 12.1 Å². The fraction of sp³-hybridized carbons (Fsp3) is 0.259. The minimum absolute atomic E-state index is 0.0598. The second-order valence-electron chi connectivity index (χ2n) is 8.88. The molecule has 3 atom stereocenters. The van der Waals surface area contributed by atoms with Gasteiger partial charge < -0.3 is 21.5 Å². The molecular weight excluding hydrogens is 477 g/mol. The summed E-state index contributed by atoms with van der Waals surface area (Å²) >= 11 is 0. The molecular formula is C27H28FN5O4. The maximum absolute atomic E-state index is 15.0. The molecule has 37 heavy (non-hydrogen) atoms. The average Bonchev–Trinajstić information content (AvgIpc) is 3.29. The summed E-state index contributed by atoms with van der Waals surface area (Å²) in [6.45, 7) is 1.66. The summed E-state index contributed by atoms with van der Waals surface area (Å²) in [5.74, 6) is -1.11. The predicted octanol–water partition coefficient (Wildman–Crippen LogP) is 2.32. The van der Waals surface area contributed by atoms with Gasteiger partial charge in [-0.25, -0.2) is 9.18 Å². The lowest BCUT2D eigenvalue weighted by Gasteiger charge is -2.16. The highest BCUT2D eigenvalue weighted by Gasteiger charge is 2.37. The highest BCUT2D eigenvalue weighted by Crippen LogP contribution is 2.29. The van der Waals surface area contributed by atoms with E-state index in [4.69, 9.17) is 16.2 Å². The lowest BCUT2D eigenvalue weighted by Crippen LogP contribution is -2.43. The summed E-state index contributed by atoms with van der Waals surface area (Å²) in [6.07, 6.45) is 0.519. The Hall–Kier alpha value is -4.15. The lowest BCUT2D eigenvalue weighted by atomic mass is 10.0. The number of pyridine rings is 1. The maximum Gasteiger partial charge on any atom is 0.414 e. The summed E-state index contributed by atoms with van der Waals surface area (Å²) in [5, 5.41) is 2.81. The zero-order chi connectivity index (χ0) is 26.5. The molecule has 2 unspecified atom stereocenters. The second-order valence-corrected chi connectivity index (χ2v) is 8.88. The molecule has 2 heterocycles. The van der Waals surface area contributed by atoms with Crippen LogP contribution in [0.5, 0.6) is 0 Å². The van der Waals surface area contributed by atoms with Crippen molar-refractivity contribution in [2.45, 2.75) is 38.1 Å². The number of ketones is 1. The Morgan fingerprint density at radius 2 is 1.92 bits per heavy atom. The van der Waals surface area contributed by atoms with Crippen LogP contribution in [-0.2, 0) is 27.3 Å². The molecule has 0 aliphatic carbocycles. The third kappa shape index (κ3) is 6.16. The molecule has 1 saturated heterocycles. The van der Waals surface area contributed by atoms with E-state index in [2.05, 4.69) is 10.3 Å². The summed E-state index contributed by atoms with van der Waals surface area (Å²) in [6, 6.07) is 15.3. The summed E-state index contributed by atoms with van der Waals surface area (Å²) < 4.78 is 20.2. The number of hydrogen-bond donors (Lipinski definition) is 3. The van der Waals surface area contributed by atoms with Gasteiger partial charge in [-0.2, -0.15) is 0 Å². The topological polar surface area (TPSA) is 141 Å². The molecule has 0 bridgehead atoms. The number of nitrogens with two attached hydrogens (primary N) is 2. The number of cyclic esters (lactones) is 1. The first-order valence-electron chi connectivity index (χ1n) is 11.8. The zero-order valence-corrected chi connectivity index (χ0v) is 20.3. The fourth-order valence-electron chi connectivity index (χ4n) is 4.01. The first-order chi connectivity index (χ1) is 17.7. The molecule has 0 spiro atoms. The van der Waals surface area contributed by atoms with Gasteiger partial charge in [0.25, 0.3) is 0 Å². The molecule has 1 aliphatic heterocycles. The Morgan fingerprint density at radius 1 is 1.16 bits per heavy atom. The van der Waals surface area contributed by atoms with Crippen molar-refractivity contribution in [1.82, 2.24) is 10.3 Å². The van der Waals surface area contributed by atoms with Gasteiger partial charge in [0.1, 0.15) is 23.7 Å². The van der Waals surface area contributed by atoms with E-state index < -0.39 is 30.1 Å². The molecule has 0 saturated carbocycles. The average molecular weight is 506 g/mol. The number of rotatable bonds is 9. The van der Waals surface area contributed by atoms with Crippen molar-refractivity contribution >= 4 is 23.5 Å². The Balaban J connectivity index is 1.36. The number of nitrogens with one attached hydrogen (secondary N) is 1. The zero-order valence-electron chi connectivity index (χ0n) is 20.3. The molecule has 1 aliphatic rings. The van der Waals surface area contributed by atoms with Gasteiger partial charge in [0.2, 0.25) is 5.91 Å². The lowest BCUT2D eigenvalue weighted by molar-refractivity contribution is -0.122. The molecule has 192 valence electrons. The molecule has 4 rings (SSSR count). The predicted molar refractivity (Wildman–Crippen MR) is 136 cm³/mol. The van der Waals surface area contributed by atoms with Gasteiger partial charge in [0.05, 0.1) is 18.3 Å². The molecule has 2 amide bonds. The minimum atomic E-state index is -0.932. The van der Waals surface area contributed by atoms with Gasteiger partial charge in [-0.05, 0) is 48.4 Å². The van der Waals surface area contributed by atoms with E-state index in [0.29, 0.717) is 23.2 Å². The molecule has 5 N–H and O–H groups in total. The molecule has 0 radical (unpaired) electrons. The maximum atomic E-state index is 15.0. The fourth-order valence-corrected chi connectivity index (χ4v) is 4.01. The number of ether oxygens (including phenoxy) is 1. The van der Waals surface area contributed by atoms with E-state index in [9.17, 15) is 18.8 Å². The number of carbonyl (C=O) groups is 3. The molecule has 2 aromatic carbocycles. The van der Waals surface area contributed by atoms with Crippen molar-refractivity contribution in [3.63, 3.8) is 0 Å². The van der Waals surface area contributed by atoms with E-state index in [1.54, 1.807) is 48.7 Å². The van der Waals surface area contributed by atoms with Crippen LogP contribution in [0.3, 0.4) is 0 Å². The van der Waals surface area contributed by atoms with Crippen molar-refractivity contribution in [2.75, 3.05) is 11.4 Å². The second kappa shape index (κ2) is 11.3. The number of hydrogen-bond acceptors (Lipinski definition) is 7. The number of aromatic nitrogens is 1. The SMILES string of the molecule is CC(=O)[C@@H](N)C1CN(c2ccc(-c3ccc(CNC(=O)C(N)Cc4ccccn4)cc3)c(F)c2)C(=O)O1. The van der Waals surface area contributed by atoms with Gasteiger partial charge in [-0.3, -0.25) is 19.5 Å². The van der Waals surface area contributed by atoms with E-state index >= 15 is 0 Å². The third-order valence-corrected chi connectivity index (χ3v) is 6.19. The summed E-state index contributed by atoms with van der Waals surface area (Å²) in [7, 11) is 0. The van der Waals surface area contributed by atoms with Crippen molar-refractivity contribution in [1.29, 1.82) is 0 Å². The van der Waals surface area contributed by atoms with Gasteiger partial charge in [0.15, 0.2) is 0 Å². The molecule has 1 aromatic heterocycles.